The van der Waals surface area contributed by atoms with Crippen molar-refractivity contribution < 1.29 is 9.47 Å². The fourth-order valence-electron chi connectivity index (χ4n) is 1.19. The molecule has 0 aliphatic heterocycles. The zero-order valence-corrected chi connectivity index (χ0v) is 8.44. The van der Waals surface area contributed by atoms with Crippen LogP contribution < -0.4 is 0 Å². The second-order valence-corrected chi connectivity index (χ2v) is 2.60. The summed E-state index contributed by atoms with van der Waals surface area (Å²) in [6, 6.07) is 0. The largest absolute Gasteiger partial charge is 0.345 e. The van der Waals surface area contributed by atoms with Crippen molar-refractivity contribution in [2.45, 2.75) is 39.9 Å². The molecule has 0 amide bonds. The molecule has 72 valence electrons. The van der Waals surface area contributed by atoms with Crippen LogP contribution in [-0.4, -0.2) is 24.7 Å². The molecule has 0 saturated carbocycles. The monoisotopic (exact) mass is 173 g/mol. The van der Waals surface area contributed by atoms with Gasteiger partial charge in [0.2, 0.25) is 5.79 Å². The molecule has 0 saturated heterocycles. The summed E-state index contributed by atoms with van der Waals surface area (Å²) < 4.78 is 10.9. The number of nitrogens with one attached hydrogen (secondary N) is 1. The first-order chi connectivity index (χ1) is 5.63. The van der Waals surface area contributed by atoms with Gasteiger partial charge in [0.25, 0.3) is 0 Å². The number of hydrogen-bond donors (Lipinski definition) is 1. The van der Waals surface area contributed by atoms with Gasteiger partial charge in [-0.15, -0.1) is 0 Å². The highest BCUT2D eigenvalue weighted by Gasteiger charge is 2.31. The predicted molar refractivity (Wildman–Crippen MR) is 49.7 cm³/mol. The van der Waals surface area contributed by atoms with Crippen molar-refractivity contribution in [2.24, 2.45) is 0 Å². The van der Waals surface area contributed by atoms with E-state index < -0.39 is 5.79 Å². The molecule has 0 aromatic carbocycles. The minimum Gasteiger partial charge on any atom is -0.345 e. The standard InChI is InChI=1S/C9H19NO2/c1-5-9(8(4)10,11-6-2)12-7-3/h10H,5-7H2,1-4H3. The van der Waals surface area contributed by atoms with Gasteiger partial charge >= 0.3 is 0 Å². The number of rotatable bonds is 6. The van der Waals surface area contributed by atoms with Crippen molar-refractivity contribution in [3.05, 3.63) is 0 Å². The molecule has 0 aliphatic carbocycles. The molecule has 0 radical (unpaired) electrons. The molecule has 0 fully saturated rings. The zero-order chi connectivity index (χ0) is 9.61. The molecular formula is C9H19NO2. The molecule has 0 heterocycles. The molecule has 0 aliphatic rings. The minimum absolute atomic E-state index is 0.439. The Balaban J connectivity index is 4.39. The van der Waals surface area contributed by atoms with Gasteiger partial charge in [0.15, 0.2) is 0 Å². The van der Waals surface area contributed by atoms with Gasteiger partial charge < -0.3 is 14.9 Å². The quantitative estimate of drug-likeness (QED) is 0.494. The predicted octanol–water partition coefficient (Wildman–Crippen LogP) is 2.21. The molecule has 0 aromatic rings. The Morgan fingerprint density at radius 1 is 1.17 bits per heavy atom. The average Bonchev–Trinajstić information content (AvgIpc) is 2.03. The topological polar surface area (TPSA) is 42.3 Å². The first-order valence-corrected chi connectivity index (χ1v) is 4.46. The Morgan fingerprint density at radius 3 is 1.75 bits per heavy atom. The second kappa shape index (κ2) is 5.27. The highest BCUT2D eigenvalue weighted by Crippen LogP contribution is 2.19. The lowest BCUT2D eigenvalue weighted by Crippen LogP contribution is -2.42. The smallest absolute Gasteiger partial charge is 0.206 e. The lowest BCUT2D eigenvalue weighted by atomic mass is 10.1. The van der Waals surface area contributed by atoms with Crippen molar-refractivity contribution in [1.29, 1.82) is 5.41 Å². The lowest BCUT2D eigenvalue weighted by molar-refractivity contribution is -0.185. The van der Waals surface area contributed by atoms with Crippen LogP contribution in [0, 0.1) is 5.41 Å². The summed E-state index contributed by atoms with van der Waals surface area (Å²) in [5, 5.41) is 7.56. The highest BCUT2D eigenvalue weighted by atomic mass is 16.7. The number of hydrogen-bond acceptors (Lipinski definition) is 3. The summed E-state index contributed by atoms with van der Waals surface area (Å²) in [6.07, 6.45) is 0.685. The molecule has 0 aromatic heterocycles. The van der Waals surface area contributed by atoms with Crippen LogP contribution in [0.5, 0.6) is 0 Å². The fraction of sp³-hybridized carbons (Fsp3) is 0.889. The van der Waals surface area contributed by atoms with Crippen molar-refractivity contribution in [2.75, 3.05) is 13.2 Å². The van der Waals surface area contributed by atoms with E-state index in [0.717, 1.165) is 0 Å². The van der Waals surface area contributed by atoms with Crippen LogP contribution >= 0.6 is 0 Å². The first kappa shape index (κ1) is 11.6. The van der Waals surface area contributed by atoms with E-state index in [0.29, 0.717) is 25.3 Å². The normalized spacial score (nSPS) is 11.7. The zero-order valence-electron chi connectivity index (χ0n) is 8.44. The molecule has 0 bridgehead atoms. The Bertz CT molecular complexity index is 139. The van der Waals surface area contributed by atoms with Gasteiger partial charge in [-0.3, -0.25) is 0 Å². The summed E-state index contributed by atoms with van der Waals surface area (Å²) >= 11 is 0. The highest BCUT2D eigenvalue weighted by molar-refractivity contribution is 5.86. The van der Waals surface area contributed by atoms with Crippen LogP contribution in [-0.2, 0) is 9.47 Å². The summed E-state index contributed by atoms with van der Waals surface area (Å²) in [5.41, 5.74) is 0.439. The van der Waals surface area contributed by atoms with E-state index in [4.69, 9.17) is 14.9 Å². The van der Waals surface area contributed by atoms with Crippen LogP contribution in [0.2, 0.25) is 0 Å². The Hall–Kier alpha value is -0.410. The van der Waals surface area contributed by atoms with E-state index in [1.54, 1.807) is 6.92 Å². The van der Waals surface area contributed by atoms with Crippen LogP contribution in [0.1, 0.15) is 34.1 Å². The Labute approximate surface area is 74.6 Å². The van der Waals surface area contributed by atoms with Crippen molar-refractivity contribution in [1.82, 2.24) is 0 Å². The van der Waals surface area contributed by atoms with Gasteiger partial charge in [-0.1, -0.05) is 6.92 Å². The number of ether oxygens (including phenoxy) is 2. The maximum absolute atomic E-state index is 7.56. The molecule has 0 spiro atoms. The van der Waals surface area contributed by atoms with E-state index in [-0.39, 0.29) is 0 Å². The van der Waals surface area contributed by atoms with E-state index in [1.807, 2.05) is 20.8 Å². The maximum Gasteiger partial charge on any atom is 0.206 e. The molecule has 0 unspecified atom stereocenters. The van der Waals surface area contributed by atoms with Crippen LogP contribution in [0.3, 0.4) is 0 Å². The van der Waals surface area contributed by atoms with Gasteiger partial charge in [0.1, 0.15) is 0 Å². The third-order valence-electron chi connectivity index (χ3n) is 1.79. The van der Waals surface area contributed by atoms with Crippen LogP contribution in [0.15, 0.2) is 0 Å². The van der Waals surface area contributed by atoms with Gasteiger partial charge in [0, 0.05) is 19.6 Å². The van der Waals surface area contributed by atoms with Crippen molar-refractivity contribution in [3.8, 4) is 0 Å². The Kier molecular flexibility index (Phi) is 5.09. The molecule has 12 heavy (non-hydrogen) atoms. The third-order valence-corrected chi connectivity index (χ3v) is 1.79. The van der Waals surface area contributed by atoms with Crippen molar-refractivity contribution in [3.63, 3.8) is 0 Å². The van der Waals surface area contributed by atoms with Gasteiger partial charge in [-0.2, -0.15) is 0 Å². The van der Waals surface area contributed by atoms with Gasteiger partial charge in [-0.25, -0.2) is 0 Å². The van der Waals surface area contributed by atoms with Crippen LogP contribution in [0.25, 0.3) is 0 Å². The van der Waals surface area contributed by atoms with Gasteiger partial charge in [0.05, 0.1) is 5.71 Å². The molecule has 3 heteroatoms. The molecule has 3 nitrogen and oxygen atoms in total. The molecular weight excluding hydrogens is 154 g/mol. The second-order valence-electron chi connectivity index (χ2n) is 2.60. The average molecular weight is 173 g/mol. The summed E-state index contributed by atoms with van der Waals surface area (Å²) in [4.78, 5) is 0. The Morgan fingerprint density at radius 2 is 1.58 bits per heavy atom. The minimum atomic E-state index is -0.774. The van der Waals surface area contributed by atoms with E-state index in [2.05, 4.69) is 0 Å². The van der Waals surface area contributed by atoms with Crippen molar-refractivity contribution >= 4 is 5.71 Å². The summed E-state index contributed by atoms with van der Waals surface area (Å²) in [5.74, 6) is -0.774. The van der Waals surface area contributed by atoms with E-state index in [1.165, 1.54) is 0 Å². The first-order valence-electron chi connectivity index (χ1n) is 4.46. The molecule has 0 rings (SSSR count). The van der Waals surface area contributed by atoms with Crippen LogP contribution in [0.4, 0.5) is 0 Å². The summed E-state index contributed by atoms with van der Waals surface area (Å²) in [6.45, 7) is 8.64. The van der Waals surface area contributed by atoms with E-state index in [9.17, 15) is 0 Å². The third kappa shape index (κ3) is 2.57. The SMILES string of the molecule is CCOC(CC)(OCC)C(C)=N. The summed E-state index contributed by atoms with van der Waals surface area (Å²) in [7, 11) is 0. The maximum atomic E-state index is 7.56. The molecule has 1 N–H and O–H groups in total. The van der Waals surface area contributed by atoms with E-state index >= 15 is 0 Å². The molecule has 0 atom stereocenters. The lowest BCUT2D eigenvalue weighted by Gasteiger charge is -2.31. The fourth-order valence-corrected chi connectivity index (χ4v) is 1.19. The van der Waals surface area contributed by atoms with Gasteiger partial charge in [-0.05, 0) is 20.8 Å².